The lowest BCUT2D eigenvalue weighted by atomic mass is 9.97. The minimum atomic E-state index is -0.760. The van der Waals surface area contributed by atoms with Crippen LogP contribution in [0.3, 0.4) is 0 Å². The van der Waals surface area contributed by atoms with Crippen LogP contribution in [0.25, 0.3) is 0 Å². The third-order valence-corrected chi connectivity index (χ3v) is 4.62. The number of nitrogens with one attached hydrogen (secondary N) is 1. The van der Waals surface area contributed by atoms with Gasteiger partial charge in [0.1, 0.15) is 0 Å². The first-order valence-corrected chi connectivity index (χ1v) is 7.86. The van der Waals surface area contributed by atoms with E-state index in [0.717, 1.165) is 51.7 Å². The Bertz CT molecular complexity index is 467. The number of anilines is 1. The number of piperazine rings is 1. The van der Waals surface area contributed by atoms with Gasteiger partial charge < -0.3 is 10.2 Å². The number of hydrogen-bond acceptors (Lipinski definition) is 3. The van der Waals surface area contributed by atoms with Gasteiger partial charge in [0.05, 0.1) is 5.69 Å². The van der Waals surface area contributed by atoms with Gasteiger partial charge in [0.15, 0.2) is 11.6 Å². The predicted octanol–water partition coefficient (Wildman–Crippen LogP) is 2.09. The molecule has 0 atom stereocenters. The predicted molar refractivity (Wildman–Crippen MR) is 80.6 cm³/mol. The monoisotopic (exact) mass is 295 g/mol. The van der Waals surface area contributed by atoms with Crippen LogP contribution in [0.15, 0.2) is 18.2 Å². The molecule has 1 aromatic rings. The minimum absolute atomic E-state index is 0.400. The Morgan fingerprint density at radius 3 is 2.48 bits per heavy atom. The van der Waals surface area contributed by atoms with Crippen molar-refractivity contribution in [3.8, 4) is 0 Å². The van der Waals surface area contributed by atoms with E-state index in [4.69, 9.17) is 0 Å². The fraction of sp³-hybridized carbons (Fsp3) is 0.625. The smallest absolute Gasteiger partial charge is 0.182 e. The van der Waals surface area contributed by atoms with Crippen molar-refractivity contribution in [1.82, 2.24) is 10.2 Å². The zero-order valence-corrected chi connectivity index (χ0v) is 12.3. The molecule has 21 heavy (non-hydrogen) atoms. The molecule has 116 valence electrons. The number of hydrogen-bond donors (Lipinski definition) is 1. The summed E-state index contributed by atoms with van der Waals surface area (Å²) >= 11 is 0. The van der Waals surface area contributed by atoms with Crippen molar-refractivity contribution >= 4 is 5.69 Å². The molecule has 2 fully saturated rings. The van der Waals surface area contributed by atoms with Crippen LogP contribution in [-0.2, 0) is 0 Å². The molecule has 0 radical (unpaired) electrons. The molecule has 2 saturated heterocycles. The standard InChI is InChI=1S/C16H23F2N3/c17-14-2-1-3-15(16(14)18)21-10-8-20(9-11-21)12-13-4-6-19-7-5-13/h1-3,13,19H,4-12H2. The molecule has 0 bridgehead atoms. The van der Waals surface area contributed by atoms with E-state index in [1.165, 1.54) is 18.9 Å². The highest BCUT2D eigenvalue weighted by Gasteiger charge is 2.23. The maximum absolute atomic E-state index is 13.8. The van der Waals surface area contributed by atoms with E-state index in [-0.39, 0.29) is 0 Å². The lowest BCUT2D eigenvalue weighted by molar-refractivity contribution is 0.196. The molecular weight excluding hydrogens is 272 g/mol. The molecule has 3 nitrogen and oxygen atoms in total. The van der Waals surface area contributed by atoms with E-state index >= 15 is 0 Å². The van der Waals surface area contributed by atoms with Gasteiger partial charge in [-0.05, 0) is 44.0 Å². The van der Waals surface area contributed by atoms with Crippen LogP contribution in [0.5, 0.6) is 0 Å². The average Bonchev–Trinajstić information content (AvgIpc) is 2.52. The Labute approximate surface area is 124 Å². The SMILES string of the molecule is Fc1cccc(N2CCN(CC3CCNCC3)CC2)c1F. The van der Waals surface area contributed by atoms with Crippen LogP contribution >= 0.6 is 0 Å². The van der Waals surface area contributed by atoms with Crippen LogP contribution in [0, 0.1) is 17.6 Å². The Kier molecular flexibility index (Phi) is 4.70. The van der Waals surface area contributed by atoms with Crippen LogP contribution in [0.1, 0.15) is 12.8 Å². The van der Waals surface area contributed by atoms with E-state index < -0.39 is 11.6 Å². The normalized spacial score (nSPS) is 21.7. The molecule has 0 saturated carbocycles. The second kappa shape index (κ2) is 6.71. The van der Waals surface area contributed by atoms with Crippen molar-refractivity contribution in [2.24, 2.45) is 5.92 Å². The van der Waals surface area contributed by atoms with Gasteiger partial charge in [0, 0.05) is 32.7 Å². The molecule has 0 aliphatic carbocycles. The fourth-order valence-electron chi connectivity index (χ4n) is 3.34. The number of rotatable bonds is 3. The van der Waals surface area contributed by atoms with Gasteiger partial charge in [-0.25, -0.2) is 8.78 Å². The number of halogens is 2. The van der Waals surface area contributed by atoms with Gasteiger partial charge in [0.25, 0.3) is 0 Å². The Morgan fingerprint density at radius 2 is 1.76 bits per heavy atom. The summed E-state index contributed by atoms with van der Waals surface area (Å²) in [5.41, 5.74) is 0.400. The summed E-state index contributed by atoms with van der Waals surface area (Å²) in [6.07, 6.45) is 2.50. The first kappa shape index (κ1) is 14.7. The van der Waals surface area contributed by atoms with Crippen molar-refractivity contribution in [1.29, 1.82) is 0 Å². The summed E-state index contributed by atoms with van der Waals surface area (Å²) in [6.45, 7) is 6.79. The molecular formula is C16H23F2N3. The van der Waals surface area contributed by atoms with Crippen LogP contribution in [0.2, 0.25) is 0 Å². The molecule has 0 aromatic heterocycles. The summed E-state index contributed by atoms with van der Waals surface area (Å²) in [7, 11) is 0. The largest absolute Gasteiger partial charge is 0.367 e. The van der Waals surface area contributed by atoms with E-state index in [1.54, 1.807) is 12.1 Å². The van der Waals surface area contributed by atoms with Gasteiger partial charge in [-0.15, -0.1) is 0 Å². The highest BCUT2D eigenvalue weighted by atomic mass is 19.2. The first-order valence-electron chi connectivity index (χ1n) is 7.86. The average molecular weight is 295 g/mol. The van der Waals surface area contributed by atoms with Gasteiger partial charge in [-0.3, -0.25) is 4.90 Å². The van der Waals surface area contributed by atoms with Crippen molar-refractivity contribution in [3.05, 3.63) is 29.8 Å². The third-order valence-electron chi connectivity index (χ3n) is 4.62. The van der Waals surface area contributed by atoms with Crippen LogP contribution in [0.4, 0.5) is 14.5 Å². The summed E-state index contributed by atoms with van der Waals surface area (Å²) in [5.74, 6) is -0.697. The lowest BCUT2D eigenvalue weighted by Crippen LogP contribution is -2.48. The highest BCUT2D eigenvalue weighted by molar-refractivity contribution is 5.48. The van der Waals surface area contributed by atoms with Gasteiger partial charge in [-0.1, -0.05) is 6.07 Å². The Morgan fingerprint density at radius 1 is 1.05 bits per heavy atom. The Hall–Kier alpha value is -1.20. The first-order chi connectivity index (χ1) is 10.2. The van der Waals surface area contributed by atoms with E-state index in [2.05, 4.69) is 10.2 Å². The minimum Gasteiger partial charge on any atom is -0.367 e. The second-order valence-corrected chi connectivity index (χ2v) is 6.05. The molecule has 0 spiro atoms. The van der Waals surface area contributed by atoms with E-state index in [0.29, 0.717) is 5.69 Å². The zero-order valence-electron chi connectivity index (χ0n) is 12.3. The lowest BCUT2D eigenvalue weighted by Gasteiger charge is -2.38. The fourth-order valence-corrected chi connectivity index (χ4v) is 3.34. The summed E-state index contributed by atoms with van der Waals surface area (Å²) in [4.78, 5) is 4.42. The van der Waals surface area contributed by atoms with Crippen molar-refractivity contribution in [2.75, 3.05) is 50.7 Å². The summed E-state index contributed by atoms with van der Waals surface area (Å²) < 4.78 is 27.1. The molecule has 3 rings (SSSR count). The molecule has 0 amide bonds. The molecule has 2 aliphatic rings. The van der Waals surface area contributed by atoms with Crippen molar-refractivity contribution in [3.63, 3.8) is 0 Å². The molecule has 1 aromatic carbocycles. The maximum atomic E-state index is 13.8. The quantitative estimate of drug-likeness (QED) is 0.921. The number of piperidine rings is 1. The van der Waals surface area contributed by atoms with Gasteiger partial charge in [-0.2, -0.15) is 0 Å². The highest BCUT2D eigenvalue weighted by Crippen LogP contribution is 2.23. The van der Waals surface area contributed by atoms with Crippen molar-refractivity contribution in [2.45, 2.75) is 12.8 Å². The van der Waals surface area contributed by atoms with Gasteiger partial charge >= 0.3 is 0 Å². The van der Waals surface area contributed by atoms with Crippen LogP contribution < -0.4 is 10.2 Å². The Balaban J connectivity index is 1.53. The van der Waals surface area contributed by atoms with Gasteiger partial charge in [0.2, 0.25) is 0 Å². The van der Waals surface area contributed by atoms with Crippen LogP contribution in [-0.4, -0.2) is 50.7 Å². The topological polar surface area (TPSA) is 18.5 Å². The molecule has 0 unspecified atom stereocenters. The van der Waals surface area contributed by atoms with E-state index in [1.807, 2.05) is 4.90 Å². The van der Waals surface area contributed by atoms with Crippen molar-refractivity contribution < 1.29 is 8.78 Å². The molecule has 2 heterocycles. The number of nitrogens with zero attached hydrogens (tertiary/aromatic N) is 2. The zero-order chi connectivity index (χ0) is 14.7. The second-order valence-electron chi connectivity index (χ2n) is 6.05. The maximum Gasteiger partial charge on any atom is 0.182 e. The summed E-state index contributed by atoms with van der Waals surface area (Å²) in [6, 6.07) is 4.42. The summed E-state index contributed by atoms with van der Waals surface area (Å²) in [5, 5.41) is 3.39. The third kappa shape index (κ3) is 3.52. The number of benzene rings is 1. The molecule has 2 aliphatic heterocycles. The molecule has 1 N–H and O–H groups in total. The molecule has 5 heteroatoms. The van der Waals surface area contributed by atoms with E-state index in [9.17, 15) is 8.78 Å².